The minimum atomic E-state index is 0.276. The number of hydrogen-bond acceptors (Lipinski definition) is 2. The lowest BCUT2D eigenvalue weighted by Crippen LogP contribution is -2.42. The van der Waals surface area contributed by atoms with Crippen molar-refractivity contribution in [3.8, 4) is 0 Å². The molecule has 0 aliphatic rings. The predicted molar refractivity (Wildman–Crippen MR) is 64.5 cm³/mol. The van der Waals surface area contributed by atoms with E-state index in [2.05, 4.69) is 46.6 Å². The van der Waals surface area contributed by atoms with E-state index in [0.717, 1.165) is 13.1 Å². The van der Waals surface area contributed by atoms with Gasteiger partial charge in [-0.05, 0) is 52.2 Å². The van der Waals surface area contributed by atoms with Gasteiger partial charge in [-0.25, -0.2) is 0 Å². The van der Waals surface area contributed by atoms with Gasteiger partial charge in [0.1, 0.15) is 0 Å². The molecule has 0 spiro atoms. The van der Waals surface area contributed by atoms with Crippen LogP contribution in [-0.4, -0.2) is 30.6 Å². The van der Waals surface area contributed by atoms with E-state index in [4.69, 9.17) is 5.73 Å². The second-order valence-electron chi connectivity index (χ2n) is 5.71. The van der Waals surface area contributed by atoms with Crippen LogP contribution in [0.5, 0.6) is 0 Å². The molecule has 0 aromatic heterocycles. The molecule has 0 heterocycles. The Morgan fingerprint density at radius 3 is 2.00 bits per heavy atom. The Kier molecular flexibility index (Phi) is 5.10. The molecule has 2 nitrogen and oxygen atoms in total. The summed E-state index contributed by atoms with van der Waals surface area (Å²) in [5.74, 6) is 0. The van der Waals surface area contributed by atoms with Crippen LogP contribution >= 0.6 is 0 Å². The molecule has 14 heavy (non-hydrogen) atoms. The van der Waals surface area contributed by atoms with Gasteiger partial charge in [-0.2, -0.15) is 0 Å². The number of rotatable bonds is 6. The van der Waals surface area contributed by atoms with Gasteiger partial charge in [0.05, 0.1) is 0 Å². The van der Waals surface area contributed by atoms with Crippen LogP contribution in [0.2, 0.25) is 0 Å². The maximum Gasteiger partial charge on any atom is 0.0147 e. The van der Waals surface area contributed by atoms with Gasteiger partial charge in [0.2, 0.25) is 0 Å². The van der Waals surface area contributed by atoms with Crippen molar-refractivity contribution in [2.24, 2.45) is 11.1 Å². The normalized spacial score (nSPS) is 13.7. The highest BCUT2D eigenvalue weighted by atomic mass is 15.2. The van der Waals surface area contributed by atoms with Gasteiger partial charge in [-0.3, -0.25) is 0 Å². The highest BCUT2D eigenvalue weighted by Crippen LogP contribution is 2.22. The smallest absolute Gasteiger partial charge is 0.0147 e. The molecule has 0 atom stereocenters. The van der Waals surface area contributed by atoms with Gasteiger partial charge in [0.25, 0.3) is 0 Å². The molecule has 0 saturated carbocycles. The van der Waals surface area contributed by atoms with E-state index < -0.39 is 0 Å². The maximum atomic E-state index is 5.72. The van der Waals surface area contributed by atoms with Crippen molar-refractivity contribution in [1.29, 1.82) is 0 Å². The van der Waals surface area contributed by atoms with Crippen LogP contribution in [0.4, 0.5) is 0 Å². The summed E-state index contributed by atoms with van der Waals surface area (Å²) in [6.45, 7) is 13.2. The quantitative estimate of drug-likeness (QED) is 0.714. The molecule has 2 heteroatoms. The third-order valence-electron chi connectivity index (χ3n) is 3.58. The van der Waals surface area contributed by atoms with Gasteiger partial charge in [-0.15, -0.1) is 0 Å². The van der Waals surface area contributed by atoms with Gasteiger partial charge in [-0.1, -0.05) is 20.8 Å². The number of nitrogens with zero attached hydrogens (tertiary/aromatic N) is 1. The van der Waals surface area contributed by atoms with E-state index in [1.165, 1.54) is 12.8 Å². The van der Waals surface area contributed by atoms with Gasteiger partial charge >= 0.3 is 0 Å². The van der Waals surface area contributed by atoms with E-state index in [9.17, 15) is 0 Å². The van der Waals surface area contributed by atoms with Gasteiger partial charge in [0, 0.05) is 5.54 Å². The molecule has 0 saturated heterocycles. The third-order valence-corrected chi connectivity index (χ3v) is 3.58. The van der Waals surface area contributed by atoms with E-state index in [1.807, 2.05) is 0 Å². The Bertz CT molecular complexity index is 162. The molecular formula is C12H28N2. The van der Waals surface area contributed by atoms with E-state index >= 15 is 0 Å². The molecule has 0 unspecified atom stereocenters. The summed E-state index contributed by atoms with van der Waals surface area (Å²) >= 11 is 0. The number of hydrogen-bond donors (Lipinski definition) is 1. The van der Waals surface area contributed by atoms with Crippen molar-refractivity contribution in [2.75, 3.05) is 20.1 Å². The lowest BCUT2D eigenvalue weighted by Gasteiger charge is -2.37. The Hall–Kier alpha value is -0.0800. The molecule has 0 radical (unpaired) electrons. The monoisotopic (exact) mass is 200 g/mol. The van der Waals surface area contributed by atoms with Gasteiger partial charge < -0.3 is 10.6 Å². The van der Waals surface area contributed by atoms with Crippen molar-refractivity contribution < 1.29 is 0 Å². The molecule has 0 aliphatic heterocycles. The summed E-state index contributed by atoms with van der Waals surface area (Å²) < 4.78 is 0. The fourth-order valence-corrected chi connectivity index (χ4v) is 1.15. The zero-order valence-corrected chi connectivity index (χ0v) is 10.9. The molecule has 0 fully saturated rings. The Morgan fingerprint density at radius 1 is 1.14 bits per heavy atom. The lowest BCUT2D eigenvalue weighted by molar-refractivity contribution is 0.130. The Balaban J connectivity index is 4.02. The maximum absolute atomic E-state index is 5.72. The van der Waals surface area contributed by atoms with Crippen molar-refractivity contribution in [3.05, 3.63) is 0 Å². The minimum Gasteiger partial charge on any atom is -0.330 e. The molecule has 2 N–H and O–H groups in total. The highest BCUT2D eigenvalue weighted by molar-refractivity contribution is 4.79. The largest absolute Gasteiger partial charge is 0.330 e. The molecule has 0 rings (SSSR count). The summed E-state index contributed by atoms with van der Waals surface area (Å²) in [7, 11) is 2.20. The van der Waals surface area contributed by atoms with Crippen LogP contribution < -0.4 is 5.73 Å². The molecule has 0 aromatic rings. The third kappa shape index (κ3) is 4.43. The fourth-order valence-electron chi connectivity index (χ4n) is 1.15. The standard InChI is InChI=1S/C12H28N2/c1-7-12(4,5)14(6)9-8-11(2,3)10-13/h7-10,13H2,1-6H3. The topological polar surface area (TPSA) is 29.3 Å². The first-order valence-electron chi connectivity index (χ1n) is 5.66. The van der Waals surface area contributed by atoms with Crippen molar-refractivity contribution in [2.45, 2.75) is 53.0 Å². The first kappa shape index (κ1) is 13.9. The van der Waals surface area contributed by atoms with Crippen LogP contribution in [-0.2, 0) is 0 Å². The molecule has 0 aliphatic carbocycles. The molecule has 0 bridgehead atoms. The van der Waals surface area contributed by atoms with Crippen LogP contribution in [0.25, 0.3) is 0 Å². The Morgan fingerprint density at radius 2 is 1.64 bits per heavy atom. The first-order valence-corrected chi connectivity index (χ1v) is 5.66. The van der Waals surface area contributed by atoms with E-state index in [-0.39, 0.29) is 5.41 Å². The zero-order valence-electron chi connectivity index (χ0n) is 10.9. The summed E-state index contributed by atoms with van der Waals surface area (Å²) in [5, 5.41) is 0. The average Bonchev–Trinajstić information content (AvgIpc) is 2.14. The lowest BCUT2D eigenvalue weighted by atomic mass is 9.88. The predicted octanol–water partition coefficient (Wildman–Crippen LogP) is 2.48. The van der Waals surface area contributed by atoms with E-state index in [1.54, 1.807) is 0 Å². The van der Waals surface area contributed by atoms with Crippen molar-refractivity contribution in [1.82, 2.24) is 4.90 Å². The number of nitrogens with two attached hydrogens (primary N) is 1. The summed E-state index contributed by atoms with van der Waals surface area (Å²) in [6.07, 6.45) is 2.36. The molecule has 86 valence electrons. The van der Waals surface area contributed by atoms with Crippen molar-refractivity contribution in [3.63, 3.8) is 0 Å². The zero-order chi connectivity index (χ0) is 11.4. The van der Waals surface area contributed by atoms with Crippen LogP contribution in [0.3, 0.4) is 0 Å². The fraction of sp³-hybridized carbons (Fsp3) is 1.00. The molecule has 0 amide bonds. The van der Waals surface area contributed by atoms with E-state index in [0.29, 0.717) is 5.54 Å². The minimum absolute atomic E-state index is 0.276. The Labute approximate surface area is 89.9 Å². The average molecular weight is 200 g/mol. The molecular weight excluding hydrogens is 172 g/mol. The van der Waals surface area contributed by atoms with Crippen LogP contribution in [0.1, 0.15) is 47.5 Å². The summed E-state index contributed by atoms with van der Waals surface area (Å²) in [5.41, 5.74) is 6.30. The van der Waals surface area contributed by atoms with Crippen LogP contribution in [0, 0.1) is 5.41 Å². The second-order valence-corrected chi connectivity index (χ2v) is 5.71. The van der Waals surface area contributed by atoms with Gasteiger partial charge in [0.15, 0.2) is 0 Å². The van der Waals surface area contributed by atoms with Crippen molar-refractivity contribution >= 4 is 0 Å². The SMILES string of the molecule is CCC(C)(C)N(C)CCC(C)(C)CN. The molecule has 0 aromatic carbocycles. The summed E-state index contributed by atoms with van der Waals surface area (Å²) in [4.78, 5) is 2.43. The summed E-state index contributed by atoms with van der Waals surface area (Å²) in [6, 6.07) is 0. The second kappa shape index (κ2) is 5.13. The first-order chi connectivity index (χ1) is 6.25. The highest BCUT2D eigenvalue weighted by Gasteiger charge is 2.23. The van der Waals surface area contributed by atoms with Crippen LogP contribution in [0.15, 0.2) is 0 Å².